The highest BCUT2D eigenvalue weighted by Crippen LogP contribution is 2.14. The van der Waals surface area contributed by atoms with Gasteiger partial charge in [0.2, 0.25) is 5.91 Å². The molecule has 1 fully saturated rings. The molecule has 3 aromatic rings. The molecule has 1 aliphatic heterocycles. The SMILES string of the molecule is O=C1CN(Cc2ncc[nH]2)C[C@@H](OCc2ccncc2)CN1CCc1ccccc1. The Balaban J connectivity index is 1.43. The number of imidazole rings is 1. The smallest absolute Gasteiger partial charge is 0.236 e. The Bertz CT molecular complexity index is 902. The number of ether oxygens (including phenoxy) is 1. The predicted molar refractivity (Wildman–Crippen MR) is 113 cm³/mol. The van der Waals surface area contributed by atoms with Crippen LogP contribution in [0.2, 0.25) is 0 Å². The van der Waals surface area contributed by atoms with Crippen molar-refractivity contribution in [2.24, 2.45) is 0 Å². The summed E-state index contributed by atoms with van der Waals surface area (Å²) in [6.45, 7) is 3.42. The molecule has 1 saturated heterocycles. The fraction of sp³-hybridized carbons (Fsp3) is 0.348. The van der Waals surface area contributed by atoms with Crippen LogP contribution >= 0.6 is 0 Å². The number of carbonyl (C=O) groups is 1. The second-order valence-corrected chi connectivity index (χ2v) is 7.57. The first kappa shape index (κ1) is 20.3. The zero-order valence-corrected chi connectivity index (χ0v) is 17.0. The number of benzene rings is 1. The van der Waals surface area contributed by atoms with Crippen molar-refractivity contribution in [1.82, 2.24) is 24.8 Å². The average molecular weight is 406 g/mol. The van der Waals surface area contributed by atoms with Gasteiger partial charge in [-0.25, -0.2) is 4.98 Å². The summed E-state index contributed by atoms with van der Waals surface area (Å²) in [6.07, 6.45) is 7.84. The minimum Gasteiger partial charge on any atom is -0.370 e. The molecule has 2 aromatic heterocycles. The molecule has 7 heteroatoms. The second-order valence-electron chi connectivity index (χ2n) is 7.57. The second kappa shape index (κ2) is 10.1. The van der Waals surface area contributed by atoms with Crippen molar-refractivity contribution in [2.45, 2.75) is 25.7 Å². The van der Waals surface area contributed by atoms with E-state index in [0.29, 0.717) is 39.3 Å². The lowest BCUT2D eigenvalue weighted by Gasteiger charge is -2.25. The van der Waals surface area contributed by atoms with Crippen molar-refractivity contribution >= 4 is 5.91 Å². The highest BCUT2D eigenvalue weighted by molar-refractivity contribution is 5.78. The van der Waals surface area contributed by atoms with Crippen molar-refractivity contribution in [3.05, 3.63) is 84.2 Å². The summed E-state index contributed by atoms with van der Waals surface area (Å²) in [5.74, 6) is 0.987. The van der Waals surface area contributed by atoms with E-state index in [9.17, 15) is 4.79 Å². The Morgan fingerprint density at radius 3 is 2.63 bits per heavy atom. The lowest BCUT2D eigenvalue weighted by Crippen LogP contribution is -2.39. The average Bonchev–Trinajstić information content (AvgIpc) is 3.23. The van der Waals surface area contributed by atoms with E-state index < -0.39 is 0 Å². The molecule has 1 aromatic carbocycles. The molecule has 3 heterocycles. The van der Waals surface area contributed by atoms with Crippen LogP contribution in [0, 0.1) is 0 Å². The Hall–Kier alpha value is -3.03. The van der Waals surface area contributed by atoms with Gasteiger partial charge in [-0.15, -0.1) is 0 Å². The molecule has 4 rings (SSSR count). The van der Waals surface area contributed by atoms with E-state index in [2.05, 4.69) is 32.0 Å². The number of nitrogens with one attached hydrogen (secondary N) is 1. The summed E-state index contributed by atoms with van der Waals surface area (Å²) >= 11 is 0. The van der Waals surface area contributed by atoms with Gasteiger partial charge >= 0.3 is 0 Å². The molecule has 0 spiro atoms. The van der Waals surface area contributed by atoms with Gasteiger partial charge in [0.05, 0.1) is 25.8 Å². The molecular formula is C23H27N5O2. The lowest BCUT2D eigenvalue weighted by atomic mass is 10.1. The van der Waals surface area contributed by atoms with Gasteiger partial charge in [-0.3, -0.25) is 14.7 Å². The van der Waals surface area contributed by atoms with Crippen LogP contribution in [0.1, 0.15) is 17.0 Å². The van der Waals surface area contributed by atoms with Crippen LogP contribution < -0.4 is 0 Å². The molecule has 0 saturated carbocycles. The summed E-state index contributed by atoms with van der Waals surface area (Å²) < 4.78 is 6.24. The van der Waals surface area contributed by atoms with Gasteiger partial charge < -0.3 is 14.6 Å². The Morgan fingerprint density at radius 2 is 1.87 bits per heavy atom. The summed E-state index contributed by atoms with van der Waals surface area (Å²) in [4.78, 5) is 28.5. The molecule has 1 aliphatic rings. The Labute approximate surface area is 176 Å². The van der Waals surface area contributed by atoms with Gasteiger partial charge in [-0.1, -0.05) is 30.3 Å². The van der Waals surface area contributed by atoms with Crippen LogP contribution in [-0.4, -0.2) is 62.9 Å². The molecule has 0 aliphatic carbocycles. The third-order valence-electron chi connectivity index (χ3n) is 5.27. The normalized spacial score (nSPS) is 17.8. The largest absolute Gasteiger partial charge is 0.370 e. The Morgan fingerprint density at radius 1 is 1.03 bits per heavy atom. The number of rotatable bonds is 8. The van der Waals surface area contributed by atoms with E-state index in [1.54, 1.807) is 24.8 Å². The number of aromatic amines is 1. The fourth-order valence-electron chi connectivity index (χ4n) is 3.69. The van der Waals surface area contributed by atoms with Crippen LogP contribution in [0.3, 0.4) is 0 Å². The maximum absolute atomic E-state index is 13.0. The van der Waals surface area contributed by atoms with Crippen LogP contribution in [0.4, 0.5) is 0 Å². The predicted octanol–water partition coefficient (Wildman–Crippen LogP) is 2.28. The molecule has 1 atom stereocenters. The quantitative estimate of drug-likeness (QED) is 0.622. The first-order valence-corrected chi connectivity index (χ1v) is 10.3. The standard InChI is InChI=1S/C23H27N5O2/c29-23-17-27(16-22-25-11-12-26-22)14-21(30-18-20-6-9-24-10-7-20)15-28(23)13-8-19-4-2-1-3-5-19/h1-7,9-12,21H,8,13-18H2,(H,25,26)/t21-/m1/s1. The number of aromatic nitrogens is 3. The third kappa shape index (κ3) is 5.75. The zero-order chi connectivity index (χ0) is 20.6. The fourth-order valence-corrected chi connectivity index (χ4v) is 3.69. The summed E-state index contributed by atoms with van der Waals surface area (Å²) in [6, 6.07) is 14.2. The molecule has 1 amide bonds. The lowest BCUT2D eigenvalue weighted by molar-refractivity contribution is -0.131. The molecule has 156 valence electrons. The highest BCUT2D eigenvalue weighted by atomic mass is 16.5. The number of H-pyrrole nitrogens is 1. The van der Waals surface area contributed by atoms with Crippen molar-refractivity contribution in [1.29, 1.82) is 0 Å². The number of hydrogen-bond acceptors (Lipinski definition) is 5. The van der Waals surface area contributed by atoms with Gasteiger partial charge in [0.25, 0.3) is 0 Å². The van der Waals surface area contributed by atoms with Crippen LogP contribution in [0.25, 0.3) is 0 Å². The molecule has 0 bridgehead atoms. The Kier molecular flexibility index (Phi) is 6.84. The van der Waals surface area contributed by atoms with E-state index in [1.165, 1.54) is 5.56 Å². The summed E-state index contributed by atoms with van der Waals surface area (Å²) in [7, 11) is 0. The third-order valence-corrected chi connectivity index (χ3v) is 5.27. The monoisotopic (exact) mass is 405 g/mol. The summed E-state index contributed by atoms with van der Waals surface area (Å²) in [5, 5.41) is 0. The number of carbonyl (C=O) groups excluding carboxylic acids is 1. The number of pyridine rings is 1. The highest BCUT2D eigenvalue weighted by Gasteiger charge is 2.28. The molecule has 0 unspecified atom stereocenters. The molecule has 0 radical (unpaired) electrons. The molecule has 1 N–H and O–H groups in total. The van der Waals surface area contributed by atoms with E-state index >= 15 is 0 Å². The van der Waals surface area contributed by atoms with E-state index in [0.717, 1.165) is 17.8 Å². The topological polar surface area (TPSA) is 74.3 Å². The van der Waals surface area contributed by atoms with Crippen molar-refractivity contribution in [3.63, 3.8) is 0 Å². The van der Waals surface area contributed by atoms with Crippen molar-refractivity contribution < 1.29 is 9.53 Å². The maximum atomic E-state index is 13.0. The van der Waals surface area contributed by atoms with Crippen molar-refractivity contribution in [2.75, 3.05) is 26.2 Å². The van der Waals surface area contributed by atoms with E-state index in [4.69, 9.17) is 4.74 Å². The van der Waals surface area contributed by atoms with Gasteiger partial charge in [0.15, 0.2) is 0 Å². The van der Waals surface area contributed by atoms with Crippen LogP contribution in [-0.2, 0) is 29.1 Å². The van der Waals surface area contributed by atoms with Gasteiger partial charge in [-0.2, -0.15) is 0 Å². The van der Waals surface area contributed by atoms with Crippen LogP contribution in [0.15, 0.2) is 67.3 Å². The minimum atomic E-state index is -0.0737. The molecule has 30 heavy (non-hydrogen) atoms. The summed E-state index contributed by atoms with van der Waals surface area (Å²) in [5.41, 5.74) is 2.31. The number of nitrogens with zero attached hydrogens (tertiary/aromatic N) is 4. The van der Waals surface area contributed by atoms with Gasteiger partial charge in [-0.05, 0) is 29.7 Å². The number of amides is 1. The van der Waals surface area contributed by atoms with E-state index in [-0.39, 0.29) is 12.0 Å². The van der Waals surface area contributed by atoms with Gasteiger partial charge in [0.1, 0.15) is 5.82 Å². The molecular weight excluding hydrogens is 378 g/mol. The van der Waals surface area contributed by atoms with Crippen LogP contribution in [0.5, 0.6) is 0 Å². The minimum absolute atomic E-state index is 0.0737. The van der Waals surface area contributed by atoms with Crippen molar-refractivity contribution in [3.8, 4) is 0 Å². The zero-order valence-electron chi connectivity index (χ0n) is 17.0. The molecule has 7 nitrogen and oxygen atoms in total. The van der Waals surface area contributed by atoms with E-state index in [1.807, 2.05) is 35.2 Å². The first-order chi connectivity index (χ1) is 14.8. The maximum Gasteiger partial charge on any atom is 0.236 e. The van der Waals surface area contributed by atoms with Gasteiger partial charge in [0, 0.05) is 44.4 Å². The first-order valence-electron chi connectivity index (χ1n) is 10.3. The number of hydrogen-bond donors (Lipinski definition) is 1.